The minimum Gasteiger partial charge on any atom is -0.295 e. The van der Waals surface area contributed by atoms with Gasteiger partial charge in [0.15, 0.2) is 11.2 Å². The van der Waals surface area contributed by atoms with Crippen molar-refractivity contribution in [2.75, 3.05) is 0 Å². The van der Waals surface area contributed by atoms with E-state index in [0.29, 0.717) is 33.4 Å². The Hall–Kier alpha value is -1.85. The van der Waals surface area contributed by atoms with Gasteiger partial charge in [-0.15, -0.1) is 0 Å². The predicted octanol–water partition coefficient (Wildman–Crippen LogP) is 3.62. The number of fused-ring (bicyclic) bond motifs is 2. The number of rotatable bonds is 1. The summed E-state index contributed by atoms with van der Waals surface area (Å²) < 4.78 is 3.51. The summed E-state index contributed by atoms with van der Waals surface area (Å²) in [5, 5.41) is 1.05. The number of aryl methyl sites for hydroxylation is 1. The highest BCUT2D eigenvalue weighted by Crippen LogP contribution is 2.26. The zero-order valence-corrected chi connectivity index (χ0v) is 13.8. The summed E-state index contributed by atoms with van der Waals surface area (Å²) in [5.41, 5.74) is 1.56. The highest BCUT2D eigenvalue weighted by Gasteiger charge is 2.18. The first-order valence-electron chi connectivity index (χ1n) is 7.57. The van der Waals surface area contributed by atoms with Gasteiger partial charge in [-0.1, -0.05) is 29.6 Å². The monoisotopic (exact) mass is 348 g/mol. The van der Waals surface area contributed by atoms with E-state index in [9.17, 15) is 4.79 Å². The van der Waals surface area contributed by atoms with E-state index in [-0.39, 0.29) is 5.56 Å². The second kappa shape index (κ2) is 5.65. The third-order valence-electron chi connectivity index (χ3n) is 4.19. The molecule has 1 aliphatic heterocycles. The lowest BCUT2D eigenvalue weighted by Gasteiger charge is -2.10. The van der Waals surface area contributed by atoms with E-state index in [1.54, 1.807) is 33.7 Å². The molecule has 2 aromatic heterocycles. The summed E-state index contributed by atoms with van der Waals surface area (Å²) in [6.45, 7) is 0.714. The highest BCUT2D eigenvalue weighted by molar-refractivity contribution is 6.35. The van der Waals surface area contributed by atoms with Gasteiger partial charge < -0.3 is 0 Å². The molecule has 0 N–H and O–H groups in total. The van der Waals surface area contributed by atoms with Crippen LogP contribution in [-0.2, 0) is 13.0 Å². The first-order chi connectivity index (χ1) is 11.1. The minimum absolute atomic E-state index is 0.0734. The summed E-state index contributed by atoms with van der Waals surface area (Å²) in [4.78, 5) is 21.7. The van der Waals surface area contributed by atoms with Crippen LogP contribution in [0.15, 0.2) is 29.3 Å². The van der Waals surface area contributed by atoms with Crippen molar-refractivity contribution >= 4 is 34.4 Å². The van der Waals surface area contributed by atoms with Gasteiger partial charge in [0.2, 0.25) is 0 Å². The molecule has 0 atom stereocenters. The number of halogens is 2. The average Bonchev–Trinajstić information content (AvgIpc) is 2.78. The Bertz CT molecular complexity index is 961. The Morgan fingerprint density at radius 1 is 1.13 bits per heavy atom. The molecule has 1 aliphatic rings. The first-order valence-corrected chi connectivity index (χ1v) is 8.33. The van der Waals surface area contributed by atoms with Crippen molar-refractivity contribution in [3.8, 4) is 5.69 Å². The molecule has 0 spiro atoms. The molecule has 1 aromatic carbocycles. The van der Waals surface area contributed by atoms with Crippen LogP contribution in [0, 0.1) is 0 Å². The van der Waals surface area contributed by atoms with E-state index in [0.717, 1.165) is 31.5 Å². The van der Waals surface area contributed by atoms with Crippen LogP contribution >= 0.6 is 23.2 Å². The van der Waals surface area contributed by atoms with E-state index >= 15 is 0 Å². The number of benzene rings is 1. The Balaban J connectivity index is 1.98. The third-order valence-corrected chi connectivity index (χ3v) is 4.73. The summed E-state index contributed by atoms with van der Waals surface area (Å²) in [6, 6.07) is 5.22. The maximum absolute atomic E-state index is 12.7. The molecule has 5 nitrogen and oxygen atoms in total. The van der Waals surface area contributed by atoms with Crippen molar-refractivity contribution in [1.82, 2.24) is 19.1 Å². The molecule has 0 amide bonds. The van der Waals surface area contributed by atoms with Gasteiger partial charge in [0.25, 0.3) is 5.56 Å². The lowest BCUT2D eigenvalue weighted by atomic mass is 10.2. The van der Waals surface area contributed by atoms with Gasteiger partial charge in [-0.3, -0.25) is 13.9 Å². The molecule has 7 heteroatoms. The van der Waals surface area contributed by atoms with Crippen LogP contribution in [0.2, 0.25) is 10.0 Å². The molecule has 3 aromatic rings. The second-order valence-electron chi connectivity index (χ2n) is 5.68. The van der Waals surface area contributed by atoms with Crippen molar-refractivity contribution in [2.45, 2.75) is 32.2 Å². The molecule has 0 radical (unpaired) electrons. The third kappa shape index (κ3) is 2.44. The molecule has 23 heavy (non-hydrogen) atoms. The first kappa shape index (κ1) is 14.7. The lowest BCUT2D eigenvalue weighted by molar-refractivity contribution is 0.613. The van der Waals surface area contributed by atoms with Gasteiger partial charge >= 0.3 is 0 Å². The number of hydrogen-bond donors (Lipinski definition) is 0. The molecule has 0 bridgehead atoms. The Labute approximate surface area is 142 Å². The van der Waals surface area contributed by atoms with E-state index in [4.69, 9.17) is 28.2 Å². The smallest absolute Gasteiger partial charge is 0.281 e. The number of imidazole rings is 1. The van der Waals surface area contributed by atoms with Crippen LogP contribution in [0.25, 0.3) is 16.9 Å². The van der Waals surface area contributed by atoms with Gasteiger partial charge in [0.05, 0.1) is 10.7 Å². The van der Waals surface area contributed by atoms with Crippen LogP contribution in [0.3, 0.4) is 0 Å². The Morgan fingerprint density at radius 3 is 2.83 bits per heavy atom. The van der Waals surface area contributed by atoms with Crippen molar-refractivity contribution in [3.63, 3.8) is 0 Å². The minimum atomic E-state index is -0.0734. The molecule has 4 rings (SSSR count). The molecular formula is C16H14Cl2N4O. The number of hydrogen-bond acceptors (Lipinski definition) is 3. The second-order valence-corrected chi connectivity index (χ2v) is 6.52. The maximum atomic E-state index is 12.7. The molecule has 118 valence electrons. The van der Waals surface area contributed by atoms with E-state index in [1.807, 2.05) is 0 Å². The van der Waals surface area contributed by atoms with Crippen molar-refractivity contribution in [3.05, 3.63) is 50.7 Å². The van der Waals surface area contributed by atoms with Gasteiger partial charge in [-0.2, -0.15) is 0 Å². The normalized spacial score (nSPS) is 14.7. The van der Waals surface area contributed by atoms with Crippen LogP contribution < -0.4 is 5.56 Å². The van der Waals surface area contributed by atoms with E-state index in [2.05, 4.69) is 4.98 Å². The van der Waals surface area contributed by atoms with Crippen molar-refractivity contribution < 1.29 is 0 Å². The highest BCUT2D eigenvalue weighted by atomic mass is 35.5. The van der Waals surface area contributed by atoms with Gasteiger partial charge in [0, 0.05) is 18.0 Å². The fraction of sp³-hybridized carbons (Fsp3) is 0.312. The average molecular weight is 349 g/mol. The summed E-state index contributed by atoms with van der Waals surface area (Å²) >= 11 is 12.2. The SMILES string of the molecule is O=c1c2ncn(-c3ccc(Cl)cc3Cl)c2nc2n1CCCCC2. The van der Waals surface area contributed by atoms with Crippen LogP contribution in [0.4, 0.5) is 0 Å². The largest absolute Gasteiger partial charge is 0.295 e. The quantitative estimate of drug-likeness (QED) is 0.674. The summed E-state index contributed by atoms with van der Waals surface area (Å²) in [7, 11) is 0. The zero-order chi connectivity index (χ0) is 16.0. The van der Waals surface area contributed by atoms with Crippen LogP contribution in [-0.4, -0.2) is 19.1 Å². The summed E-state index contributed by atoms with van der Waals surface area (Å²) in [6.07, 6.45) is 5.57. The van der Waals surface area contributed by atoms with E-state index < -0.39 is 0 Å². The molecule has 0 aliphatic carbocycles. The van der Waals surface area contributed by atoms with Gasteiger partial charge in [-0.05, 0) is 31.0 Å². The topological polar surface area (TPSA) is 52.7 Å². The zero-order valence-electron chi connectivity index (χ0n) is 12.3. The Morgan fingerprint density at radius 2 is 2.00 bits per heavy atom. The molecular weight excluding hydrogens is 335 g/mol. The predicted molar refractivity (Wildman–Crippen MR) is 90.7 cm³/mol. The van der Waals surface area contributed by atoms with E-state index in [1.165, 1.54) is 0 Å². The lowest BCUT2D eigenvalue weighted by Crippen LogP contribution is -2.24. The molecule has 0 fully saturated rings. The fourth-order valence-electron chi connectivity index (χ4n) is 3.03. The molecule has 0 saturated carbocycles. The maximum Gasteiger partial charge on any atom is 0.281 e. The number of nitrogens with zero attached hydrogens (tertiary/aromatic N) is 4. The summed E-state index contributed by atoms with van der Waals surface area (Å²) in [5.74, 6) is 0.826. The van der Waals surface area contributed by atoms with Crippen molar-refractivity contribution in [1.29, 1.82) is 0 Å². The fourth-order valence-corrected chi connectivity index (χ4v) is 3.53. The van der Waals surface area contributed by atoms with Crippen LogP contribution in [0.1, 0.15) is 25.1 Å². The molecule has 0 unspecified atom stereocenters. The van der Waals surface area contributed by atoms with Crippen LogP contribution in [0.5, 0.6) is 0 Å². The molecule has 3 heterocycles. The van der Waals surface area contributed by atoms with Gasteiger partial charge in [-0.25, -0.2) is 9.97 Å². The standard InChI is InChI=1S/C16H14Cl2N4O/c17-10-5-6-12(11(18)8-10)22-9-19-14-15(22)20-13-4-2-1-3-7-21(13)16(14)23/h5-6,8-9H,1-4,7H2. The Kier molecular flexibility index (Phi) is 3.62. The molecule has 0 saturated heterocycles. The van der Waals surface area contributed by atoms with Gasteiger partial charge in [0.1, 0.15) is 12.2 Å². The number of aromatic nitrogens is 4. The van der Waals surface area contributed by atoms with Crippen molar-refractivity contribution in [2.24, 2.45) is 0 Å².